The van der Waals surface area contributed by atoms with Crippen LogP contribution in [0.1, 0.15) is 50.7 Å². The Hall–Kier alpha value is -1.85. The molecule has 1 aromatic carbocycles. The minimum Gasteiger partial charge on any atom is -0.390 e. The summed E-state index contributed by atoms with van der Waals surface area (Å²) < 4.78 is 0. The van der Waals surface area contributed by atoms with Gasteiger partial charge in [-0.1, -0.05) is 6.07 Å². The second-order valence-electron chi connectivity index (χ2n) is 9.08. The number of nitrogens with one attached hydrogen (secondary N) is 1. The maximum Gasteiger partial charge on any atom is 0.223 e. The SMILES string of the molecule is CN(C)C(=O)CCN1CCC[C@@H]1Cc1c[nH]c2ccc(CCC(C)(C)O)cc12. The third kappa shape index (κ3) is 5.36. The maximum absolute atomic E-state index is 11.9. The van der Waals surface area contributed by atoms with Crippen LogP contribution in [0.3, 0.4) is 0 Å². The monoisotopic (exact) mass is 385 g/mol. The zero-order chi connectivity index (χ0) is 20.3. The zero-order valence-corrected chi connectivity index (χ0v) is 17.8. The first kappa shape index (κ1) is 20.9. The third-order valence-corrected chi connectivity index (χ3v) is 5.92. The first-order valence-corrected chi connectivity index (χ1v) is 10.5. The number of hydrogen-bond acceptors (Lipinski definition) is 3. The van der Waals surface area contributed by atoms with E-state index in [0.29, 0.717) is 12.5 Å². The van der Waals surface area contributed by atoms with Crippen LogP contribution in [0.5, 0.6) is 0 Å². The Morgan fingerprint density at radius 1 is 1.36 bits per heavy atom. The van der Waals surface area contributed by atoms with Crippen LogP contribution in [0.25, 0.3) is 10.9 Å². The highest BCUT2D eigenvalue weighted by Gasteiger charge is 2.26. The van der Waals surface area contributed by atoms with Crippen molar-refractivity contribution in [2.24, 2.45) is 0 Å². The van der Waals surface area contributed by atoms with Crippen molar-refractivity contribution >= 4 is 16.8 Å². The number of likely N-dealkylation sites (tertiary alicyclic amines) is 1. The summed E-state index contributed by atoms with van der Waals surface area (Å²) in [4.78, 5) is 19.5. The molecule has 3 rings (SSSR count). The van der Waals surface area contributed by atoms with Gasteiger partial charge < -0.3 is 15.0 Å². The molecular weight excluding hydrogens is 350 g/mol. The smallest absolute Gasteiger partial charge is 0.223 e. The largest absolute Gasteiger partial charge is 0.390 e. The number of H-pyrrole nitrogens is 1. The number of aromatic nitrogens is 1. The van der Waals surface area contributed by atoms with E-state index in [1.165, 1.54) is 34.9 Å². The number of fused-ring (bicyclic) bond motifs is 1. The predicted molar refractivity (Wildman–Crippen MR) is 115 cm³/mol. The van der Waals surface area contributed by atoms with E-state index in [-0.39, 0.29) is 5.91 Å². The van der Waals surface area contributed by atoms with Crippen LogP contribution in [0.15, 0.2) is 24.4 Å². The predicted octanol–water partition coefficient (Wildman–Crippen LogP) is 3.36. The van der Waals surface area contributed by atoms with Gasteiger partial charge >= 0.3 is 0 Å². The molecule has 1 atom stereocenters. The molecule has 2 heterocycles. The fourth-order valence-electron chi connectivity index (χ4n) is 4.14. The summed E-state index contributed by atoms with van der Waals surface area (Å²) in [6.45, 7) is 5.66. The molecule has 1 amide bonds. The molecule has 0 saturated carbocycles. The van der Waals surface area contributed by atoms with Crippen LogP contribution >= 0.6 is 0 Å². The fourth-order valence-corrected chi connectivity index (χ4v) is 4.14. The molecule has 0 bridgehead atoms. The molecule has 2 aromatic rings. The lowest BCUT2D eigenvalue weighted by Gasteiger charge is -2.24. The Labute approximate surface area is 168 Å². The van der Waals surface area contributed by atoms with Crippen LogP contribution in [0, 0.1) is 0 Å². The summed E-state index contributed by atoms with van der Waals surface area (Å²) in [5.74, 6) is 0.203. The average Bonchev–Trinajstić information content (AvgIpc) is 3.24. The highest BCUT2D eigenvalue weighted by Crippen LogP contribution is 2.27. The number of amides is 1. The van der Waals surface area contributed by atoms with Crippen LogP contribution < -0.4 is 0 Å². The normalized spacial score (nSPS) is 18.1. The topological polar surface area (TPSA) is 59.6 Å². The molecule has 154 valence electrons. The molecule has 0 unspecified atom stereocenters. The van der Waals surface area contributed by atoms with Gasteiger partial charge in [0, 0.05) is 50.2 Å². The maximum atomic E-state index is 11.9. The van der Waals surface area contributed by atoms with Gasteiger partial charge in [-0.2, -0.15) is 0 Å². The molecule has 1 fully saturated rings. The molecule has 2 N–H and O–H groups in total. The second-order valence-corrected chi connectivity index (χ2v) is 9.08. The Kier molecular flexibility index (Phi) is 6.46. The van der Waals surface area contributed by atoms with Crippen molar-refractivity contribution in [2.75, 3.05) is 27.2 Å². The van der Waals surface area contributed by atoms with Crippen molar-refractivity contribution in [1.29, 1.82) is 0 Å². The van der Waals surface area contributed by atoms with Gasteiger partial charge in [0.15, 0.2) is 0 Å². The van der Waals surface area contributed by atoms with Crippen molar-refractivity contribution in [3.8, 4) is 0 Å². The fraction of sp³-hybridized carbons (Fsp3) is 0.609. The molecule has 1 aliphatic heterocycles. The van der Waals surface area contributed by atoms with Crippen molar-refractivity contribution in [3.63, 3.8) is 0 Å². The first-order valence-electron chi connectivity index (χ1n) is 10.5. The molecule has 0 aliphatic carbocycles. The van der Waals surface area contributed by atoms with E-state index in [1.54, 1.807) is 4.90 Å². The second kappa shape index (κ2) is 8.66. The summed E-state index contributed by atoms with van der Waals surface area (Å²) in [7, 11) is 3.65. The van der Waals surface area contributed by atoms with E-state index in [1.807, 2.05) is 27.9 Å². The molecule has 0 radical (unpaired) electrons. The third-order valence-electron chi connectivity index (χ3n) is 5.92. The van der Waals surface area contributed by atoms with Crippen molar-refractivity contribution in [3.05, 3.63) is 35.5 Å². The first-order chi connectivity index (χ1) is 13.2. The Morgan fingerprint density at radius 2 is 2.14 bits per heavy atom. The standard InChI is InChI=1S/C23H35N3O2/c1-23(2,28)11-9-17-7-8-21-20(14-17)18(16-24-21)15-19-6-5-12-26(19)13-10-22(27)25(3)4/h7-8,14,16,19,24,28H,5-6,9-13,15H2,1-4H3/t19-/m1/s1. The van der Waals surface area contributed by atoms with E-state index < -0.39 is 5.60 Å². The quantitative estimate of drug-likeness (QED) is 0.733. The van der Waals surface area contributed by atoms with Crippen molar-refractivity contribution in [2.45, 2.75) is 64.0 Å². The number of nitrogens with zero attached hydrogens (tertiary/aromatic N) is 2. The minimum atomic E-state index is -0.635. The van der Waals surface area contributed by atoms with Crippen LogP contribution in [-0.2, 0) is 17.6 Å². The van der Waals surface area contributed by atoms with Gasteiger partial charge in [0.25, 0.3) is 0 Å². The average molecular weight is 386 g/mol. The number of hydrogen-bond donors (Lipinski definition) is 2. The molecule has 0 spiro atoms. The molecule has 1 aliphatic rings. The summed E-state index contributed by atoms with van der Waals surface area (Å²) in [6, 6.07) is 7.10. The molecule has 5 nitrogen and oxygen atoms in total. The summed E-state index contributed by atoms with van der Waals surface area (Å²) in [5, 5.41) is 11.3. The number of aromatic amines is 1. The van der Waals surface area contributed by atoms with E-state index in [0.717, 1.165) is 32.4 Å². The number of carbonyl (C=O) groups is 1. The minimum absolute atomic E-state index is 0.203. The molecule has 1 saturated heterocycles. The number of aryl methyl sites for hydroxylation is 1. The Balaban J connectivity index is 1.68. The Bertz CT molecular complexity index is 804. The number of aliphatic hydroxyl groups is 1. The summed E-state index contributed by atoms with van der Waals surface area (Å²) in [6.07, 6.45) is 7.80. The van der Waals surface area contributed by atoms with E-state index in [2.05, 4.69) is 34.3 Å². The highest BCUT2D eigenvalue weighted by atomic mass is 16.3. The molecule has 1 aromatic heterocycles. The van der Waals surface area contributed by atoms with Gasteiger partial charge in [-0.25, -0.2) is 0 Å². The number of carbonyl (C=O) groups excluding carboxylic acids is 1. The van der Waals surface area contributed by atoms with E-state index in [4.69, 9.17) is 0 Å². The number of rotatable bonds is 8. The lowest BCUT2D eigenvalue weighted by atomic mass is 9.96. The lowest BCUT2D eigenvalue weighted by Crippen LogP contribution is -2.35. The van der Waals surface area contributed by atoms with Crippen molar-refractivity contribution in [1.82, 2.24) is 14.8 Å². The zero-order valence-electron chi connectivity index (χ0n) is 17.8. The van der Waals surface area contributed by atoms with Gasteiger partial charge in [-0.05, 0) is 75.8 Å². The van der Waals surface area contributed by atoms with Gasteiger partial charge in [0.2, 0.25) is 5.91 Å². The van der Waals surface area contributed by atoms with Crippen LogP contribution in [-0.4, -0.2) is 64.6 Å². The Morgan fingerprint density at radius 3 is 2.86 bits per heavy atom. The lowest BCUT2D eigenvalue weighted by molar-refractivity contribution is -0.129. The molecule has 28 heavy (non-hydrogen) atoms. The van der Waals surface area contributed by atoms with Gasteiger partial charge in [-0.15, -0.1) is 0 Å². The molecule has 5 heteroatoms. The van der Waals surface area contributed by atoms with Gasteiger partial charge in [0.05, 0.1) is 5.60 Å². The summed E-state index contributed by atoms with van der Waals surface area (Å²) in [5.41, 5.74) is 3.17. The molecular formula is C23H35N3O2. The van der Waals surface area contributed by atoms with E-state index in [9.17, 15) is 9.90 Å². The van der Waals surface area contributed by atoms with Crippen LogP contribution in [0.2, 0.25) is 0 Å². The summed E-state index contributed by atoms with van der Waals surface area (Å²) >= 11 is 0. The van der Waals surface area contributed by atoms with Crippen molar-refractivity contribution < 1.29 is 9.90 Å². The highest BCUT2D eigenvalue weighted by molar-refractivity contribution is 5.84. The van der Waals surface area contributed by atoms with Gasteiger partial charge in [-0.3, -0.25) is 9.69 Å². The number of benzene rings is 1. The van der Waals surface area contributed by atoms with Gasteiger partial charge in [0.1, 0.15) is 0 Å². The van der Waals surface area contributed by atoms with Crippen LogP contribution in [0.4, 0.5) is 0 Å². The van der Waals surface area contributed by atoms with E-state index >= 15 is 0 Å².